The molecule has 20 heavy (non-hydrogen) atoms. The van der Waals surface area contributed by atoms with Crippen molar-refractivity contribution in [2.24, 2.45) is 5.73 Å². The molecule has 0 heterocycles. The van der Waals surface area contributed by atoms with Crippen molar-refractivity contribution in [3.05, 3.63) is 30.3 Å². The summed E-state index contributed by atoms with van der Waals surface area (Å²) in [5, 5.41) is 3.01. The van der Waals surface area contributed by atoms with Gasteiger partial charge in [0.2, 0.25) is 5.91 Å². The minimum atomic E-state index is -0.188. The van der Waals surface area contributed by atoms with Gasteiger partial charge in [-0.1, -0.05) is 18.2 Å². The second kappa shape index (κ2) is 7.11. The third kappa shape index (κ3) is 4.51. The van der Waals surface area contributed by atoms with Crippen molar-refractivity contribution in [2.75, 3.05) is 20.2 Å². The number of carbonyl (C=O) groups is 1. The van der Waals surface area contributed by atoms with Crippen LogP contribution in [0.15, 0.2) is 35.2 Å². The van der Waals surface area contributed by atoms with Crippen molar-refractivity contribution < 1.29 is 9.53 Å². The largest absolute Gasteiger partial charge is 0.380 e. The molecule has 1 aliphatic carbocycles. The van der Waals surface area contributed by atoms with Gasteiger partial charge in [-0.3, -0.25) is 4.79 Å². The van der Waals surface area contributed by atoms with Gasteiger partial charge in [0.15, 0.2) is 0 Å². The van der Waals surface area contributed by atoms with Gasteiger partial charge in [0, 0.05) is 29.8 Å². The molecule has 0 radical (unpaired) electrons. The number of amides is 1. The number of hydrogen-bond acceptors (Lipinski definition) is 4. The van der Waals surface area contributed by atoms with Crippen LogP contribution in [0.3, 0.4) is 0 Å². The minimum absolute atomic E-state index is 0.0160. The van der Waals surface area contributed by atoms with Gasteiger partial charge in [0.25, 0.3) is 0 Å². The zero-order valence-corrected chi connectivity index (χ0v) is 12.6. The van der Waals surface area contributed by atoms with Gasteiger partial charge in [0.1, 0.15) is 0 Å². The van der Waals surface area contributed by atoms with E-state index in [-0.39, 0.29) is 16.8 Å². The first kappa shape index (κ1) is 15.4. The Hall–Kier alpha value is -1.04. The van der Waals surface area contributed by atoms with E-state index in [4.69, 9.17) is 10.5 Å². The number of thioether (sulfide) groups is 1. The highest BCUT2D eigenvalue weighted by atomic mass is 32.2. The number of nitrogens with one attached hydrogen (secondary N) is 1. The van der Waals surface area contributed by atoms with Crippen LogP contribution in [0.1, 0.15) is 19.3 Å². The summed E-state index contributed by atoms with van der Waals surface area (Å²) in [6.07, 6.45) is 2.44. The van der Waals surface area contributed by atoms with Crippen molar-refractivity contribution >= 4 is 17.7 Å². The van der Waals surface area contributed by atoms with E-state index in [0.717, 1.165) is 12.8 Å². The Balaban J connectivity index is 1.77. The molecule has 1 saturated carbocycles. The van der Waals surface area contributed by atoms with Crippen LogP contribution in [0.25, 0.3) is 0 Å². The summed E-state index contributed by atoms with van der Waals surface area (Å²) in [5.41, 5.74) is 5.52. The van der Waals surface area contributed by atoms with E-state index in [0.29, 0.717) is 19.5 Å². The molecule has 110 valence electrons. The molecular weight excluding hydrogens is 272 g/mol. The Morgan fingerprint density at radius 2 is 2.15 bits per heavy atom. The maximum absolute atomic E-state index is 11.8. The summed E-state index contributed by atoms with van der Waals surface area (Å²) in [4.78, 5) is 13.1. The molecule has 1 aliphatic rings. The maximum atomic E-state index is 11.8. The highest BCUT2D eigenvalue weighted by molar-refractivity contribution is 8.01. The highest BCUT2D eigenvalue weighted by Crippen LogP contribution is 2.51. The van der Waals surface area contributed by atoms with E-state index in [1.807, 2.05) is 30.0 Å². The molecule has 2 rings (SSSR count). The Labute approximate surface area is 124 Å². The fraction of sp³-hybridized carbons (Fsp3) is 0.533. The van der Waals surface area contributed by atoms with E-state index in [1.54, 1.807) is 7.11 Å². The van der Waals surface area contributed by atoms with Gasteiger partial charge in [-0.2, -0.15) is 0 Å². The van der Waals surface area contributed by atoms with Crippen LogP contribution in [0.4, 0.5) is 0 Å². The first-order chi connectivity index (χ1) is 9.67. The minimum Gasteiger partial charge on any atom is -0.380 e. The molecule has 1 unspecified atom stereocenters. The third-order valence-electron chi connectivity index (χ3n) is 3.50. The van der Waals surface area contributed by atoms with Crippen LogP contribution in [-0.2, 0) is 9.53 Å². The standard InChI is InChI=1S/C15H22N2O2S/c1-19-12(10-16)9-14(18)17-11-15(7-8-15)20-13-5-3-2-4-6-13/h2-6,12H,7-11,16H2,1H3,(H,17,18). The zero-order chi connectivity index (χ0) is 14.4. The summed E-state index contributed by atoms with van der Waals surface area (Å²) < 4.78 is 5.31. The molecule has 3 N–H and O–H groups in total. The molecule has 4 nitrogen and oxygen atoms in total. The Morgan fingerprint density at radius 3 is 2.70 bits per heavy atom. The number of hydrogen-bond donors (Lipinski definition) is 2. The lowest BCUT2D eigenvalue weighted by molar-refractivity contribution is -0.123. The maximum Gasteiger partial charge on any atom is 0.222 e. The van der Waals surface area contributed by atoms with Gasteiger partial charge in [-0.25, -0.2) is 0 Å². The predicted molar refractivity (Wildman–Crippen MR) is 81.7 cm³/mol. The fourth-order valence-corrected chi connectivity index (χ4v) is 3.24. The van der Waals surface area contributed by atoms with Crippen molar-refractivity contribution in [2.45, 2.75) is 35.0 Å². The molecular formula is C15H22N2O2S. The average Bonchev–Trinajstić information content (AvgIpc) is 3.24. The molecule has 1 fully saturated rings. The number of carbonyl (C=O) groups excluding carboxylic acids is 1. The molecule has 0 aliphatic heterocycles. The molecule has 0 aromatic heterocycles. The highest BCUT2D eigenvalue weighted by Gasteiger charge is 2.43. The molecule has 1 aromatic rings. The van der Waals surface area contributed by atoms with Gasteiger partial charge in [-0.05, 0) is 25.0 Å². The first-order valence-corrected chi connectivity index (χ1v) is 7.73. The van der Waals surface area contributed by atoms with Crippen molar-refractivity contribution in [1.29, 1.82) is 0 Å². The van der Waals surface area contributed by atoms with E-state index in [9.17, 15) is 4.79 Å². The van der Waals surface area contributed by atoms with Crippen LogP contribution in [0.5, 0.6) is 0 Å². The van der Waals surface area contributed by atoms with Gasteiger partial charge >= 0.3 is 0 Å². The molecule has 1 amide bonds. The lowest BCUT2D eigenvalue weighted by Gasteiger charge is -2.17. The van der Waals surface area contributed by atoms with Crippen LogP contribution in [0.2, 0.25) is 0 Å². The lowest BCUT2D eigenvalue weighted by atomic mass is 10.2. The topological polar surface area (TPSA) is 64.3 Å². The van der Waals surface area contributed by atoms with Crippen molar-refractivity contribution in [1.82, 2.24) is 5.32 Å². The number of methoxy groups -OCH3 is 1. The van der Waals surface area contributed by atoms with Crippen LogP contribution < -0.4 is 11.1 Å². The number of nitrogens with two attached hydrogens (primary N) is 1. The second-order valence-electron chi connectivity index (χ2n) is 5.17. The molecule has 5 heteroatoms. The van der Waals surface area contributed by atoms with E-state index in [2.05, 4.69) is 17.4 Å². The lowest BCUT2D eigenvalue weighted by Crippen LogP contribution is -2.36. The second-order valence-corrected chi connectivity index (χ2v) is 6.71. The number of benzene rings is 1. The van der Waals surface area contributed by atoms with Crippen LogP contribution in [0, 0.1) is 0 Å². The SMILES string of the molecule is COC(CN)CC(=O)NCC1(Sc2ccccc2)CC1. The monoisotopic (exact) mass is 294 g/mol. The Kier molecular flexibility index (Phi) is 5.46. The summed E-state index contributed by atoms with van der Waals surface area (Å²) in [6, 6.07) is 10.3. The molecule has 1 aromatic carbocycles. The van der Waals surface area contributed by atoms with Gasteiger partial charge < -0.3 is 15.8 Å². The number of rotatable bonds is 8. The van der Waals surface area contributed by atoms with Gasteiger partial charge in [-0.15, -0.1) is 11.8 Å². The molecule has 0 bridgehead atoms. The van der Waals surface area contributed by atoms with E-state index < -0.39 is 0 Å². The average molecular weight is 294 g/mol. The smallest absolute Gasteiger partial charge is 0.222 e. The molecule has 0 spiro atoms. The first-order valence-electron chi connectivity index (χ1n) is 6.91. The predicted octanol–water partition coefficient (Wildman–Crippen LogP) is 1.79. The van der Waals surface area contributed by atoms with Crippen LogP contribution in [-0.4, -0.2) is 37.0 Å². The Bertz CT molecular complexity index is 431. The summed E-state index contributed by atoms with van der Waals surface area (Å²) in [6.45, 7) is 1.08. The summed E-state index contributed by atoms with van der Waals surface area (Å²) >= 11 is 1.86. The molecule has 1 atom stereocenters. The fourth-order valence-electron chi connectivity index (χ4n) is 1.99. The summed E-state index contributed by atoms with van der Waals surface area (Å²) in [5.74, 6) is 0.0160. The molecule has 0 saturated heterocycles. The van der Waals surface area contributed by atoms with Crippen LogP contribution >= 0.6 is 11.8 Å². The van der Waals surface area contributed by atoms with Gasteiger partial charge in [0.05, 0.1) is 12.5 Å². The van der Waals surface area contributed by atoms with E-state index >= 15 is 0 Å². The van der Waals surface area contributed by atoms with Crippen molar-refractivity contribution in [3.8, 4) is 0 Å². The third-order valence-corrected chi connectivity index (χ3v) is 5.00. The quantitative estimate of drug-likeness (QED) is 0.767. The zero-order valence-electron chi connectivity index (χ0n) is 11.8. The van der Waals surface area contributed by atoms with E-state index in [1.165, 1.54) is 4.90 Å². The Morgan fingerprint density at radius 1 is 1.45 bits per heavy atom. The number of ether oxygens (including phenoxy) is 1. The normalized spacial score (nSPS) is 17.5. The summed E-state index contributed by atoms with van der Waals surface area (Å²) in [7, 11) is 1.58. The van der Waals surface area contributed by atoms with Crippen molar-refractivity contribution in [3.63, 3.8) is 0 Å².